The van der Waals surface area contributed by atoms with Gasteiger partial charge in [0.15, 0.2) is 0 Å². The maximum absolute atomic E-state index is 3.33. The zero-order valence-corrected chi connectivity index (χ0v) is 10.2. The van der Waals surface area contributed by atoms with Crippen molar-refractivity contribution in [2.24, 2.45) is 0 Å². The molecule has 0 rings (SSSR count). The Morgan fingerprint density at radius 1 is 1.00 bits per heavy atom. The van der Waals surface area contributed by atoms with Crippen LogP contribution in [0.5, 0.6) is 0 Å². The van der Waals surface area contributed by atoms with E-state index in [2.05, 4.69) is 26.7 Å². The summed E-state index contributed by atoms with van der Waals surface area (Å²) in [5.41, 5.74) is 0. The summed E-state index contributed by atoms with van der Waals surface area (Å²) in [6.45, 7) is 0. The van der Waals surface area contributed by atoms with Crippen molar-refractivity contribution in [1.82, 2.24) is 0 Å². The van der Waals surface area contributed by atoms with Crippen LogP contribution in [0.15, 0.2) is 0 Å². The van der Waals surface area contributed by atoms with Crippen molar-refractivity contribution in [1.29, 1.82) is 0 Å². The van der Waals surface area contributed by atoms with Crippen LogP contribution in [0, 0.1) is 25.8 Å². The molecule has 0 bridgehead atoms. The molecule has 0 saturated heterocycles. The fraction of sp³-hybridized carbons (Fsp3) is 0. The average molecular weight is 381 g/mol. The summed E-state index contributed by atoms with van der Waals surface area (Å²) in [7, 11) is 9.98. The Balaban J connectivity index is 2.32. The summed E-state index contributed by atoms with van der Waals surface area (Å²) in [5.74, 6) is 0. The van der Waals surface area contributed by atoms with E-state index in [1.165, 1.54) is 0 Å². The minimum atomic E-state index is -1.28. The van der Waals surface area contributed by atoms with Crippen LogP contribution in [0.25, 0.3) is 0 Å². The minimum absolute atomic E-state index is 1.28. The third-order valence-corrected chi connectivity index (χ3v) is 0. The topological polar surface area (TPSA) is 0 Å². The van der Waals surface area contributed by atoms with Crippen molar-refractivity contribution in [3.8, 4) is 0 Å². The van der Waals surface area contributed by atoms with Gasteiger partial charge in [0.05, 0.1) is 0 Å². The normalized spacial score (nSPS) is 6.75. The Kier molecular flexibility index (Phi) is 6.76. The van der Waals surface area contributed by atoms with Crippen molar-refractivity contribution in [2.45, 2.75) is 0 Å². The van der Waals surface area contributed by atoms with E-state index in [-0.39, 0.29) is 0 Å². The molecule has 0 aliphatic heterocycles. The number of hydrogen-bond acceptors (Lipinski definition) is 0. The maximum atomic E-state index is 3.33. The van der Waals surface area contributed by atoms with Crippen LogP contribution in [0.1, 0.15) is 0 Å². The van der Waals surface area contributed by atoms with Crippen LogP contribution in [-0.4, -0.2) is 0 Å². The molecule has 0 radical (unpaired) electrons. The van der Waals surface area contributed by atoms with Gasteiger partial charge in [-0.15, -0.1) is 0 Å². The van der Waals surface area contributed by atoms with Gasteiger partial charge in [0.25, 0.3) is 0 Å². The fourth-order valence-corrected chi connectivity index (χ4v) is 0. The van der Waals surface area contributed by atoms with E-state index in [0.29, 0.717) is 0 Å². The van der Waals surface area contributed by atoms with Crippen molar-refractivity contribution >= 4 is 26.7 Å². The second kappa shape index (κ2) is 3.98. The fourth-order valence-electron chi connectivity index (χ4n) is 0. The molecule has 4 heavy (non-hydrogen) atoms. The summed E-state index contributed by atoms with van der Waals surface area (Å²) in [6.07, 6.45) is 0. The van der Waals surface area contributed by atoms with Gasteiger partial charge < -0.3 is 0 Å². The standard InChI is InChI=1S/3BrH.Pr/h3*1H;/q;;;+3/p-3. The van der Waals surface area contributed by atoms with E-state index in [9.17, 15) is 0 Å². The Bertz CT molecular complexity index is 8.00. The van der Waals surface area contributed by atoms with Gasteiger partial charge in [-0.05, 0) is 0 Å². The first kappa shape index (κ1) is 6.80. The van der Waals surface area contributed by atoms with Gasteiger partial charge in [0, 0.05) is 0 Å². The molecule has 0 atom stereocenters. The summed E-state index contributed by atoms with van der Waals surface area (Å²) in [5, 5.41) is 0. The van der Waals surface area contributed by atoms with Gasteiger partial charge >= 0.3 is 52.5 Å². The van der Waals surface area contributed by atoms with Gasteiger partial charge in [0.1, 0.15) is 0 Å². The van der Waals surface area contributed by atoms with Crippen LogP contribution < -0.4 is 0 Å². The predicted molar refractivity (Wildman–Crippen MR) is 26.8 cm³/mol. The molecule has 0 aliphatic carbocycles. The van der Waals surface area contributed by atoms with Gasteiger partial charge in [-0.1, -0.05) is 0 Å². The molecule has 0 heterocycles. The summed E-state index contributed by atoms with van der Waals surface area (Å²) < 4.78 is 0. The Hall–Kier alpha value is 2.80. The zero-order chi connectivity index (χ0) is 3.58. The molecular weight excluding hydrogens is 381 g/mol. The molecule has 24 valence electrons. The number of halogens is 3. The van der Waals surface area contributed by atoms with Crippen LogP contribution in [-0.2, 0) is 0 Å². The summed E-state index contributed by atoms with van der Waals surface area (Å²) in [6, 6.07) is 0. The van der Waals surface area contributed by atoms with E-state index in [1.807, 2.05) is 0 Å². The van der Waals surface area contributed by atoms with Gasteiger partial charge in [-0.3, -0.25) is 0 Å². The molecule has 0 N–H and O–H groups in total. The SMILES string of the molecule is [Br][Pr]([Br])[Br]. The zero-order valence-electron chi connectivity index (χ0n) is 1.71. The molecule has 0 fully saturated rings. The Morgan fingerprint density at radius 3 is 1.00 bits per heavy atom. The van der Waals surface area contributed by atoms with E-state index in [1.54, 1.807) is 0 Å². The van der Waals surface area contributed by atoms with Crippen LogP contribution in [0.4, 0.5) is 0 Å². The first-order valence-electron chi connectivity index (χ1n) is 0.655. The molecule has 0 saturated carbocycles. The second-order valence-electron chi connectivity index (χ2n) is 0.247. The van der Waals surface area contributed by atoms with Gasteiger partial charge in [-0.25, -0.2) is 0 Å². The number of rotatable bonds is 0. The van der Waals surface area contributed by atoms with Crippen molar-refractivity contribution in [3.63, 3.8) is 0 Å². The van der Waals surface area contributed by atoms with E-state index < -0.39 is 25.8 Å². The molecule has 0 aromatic rings. The summed E-state index contributed by atoms with van der Waals surface area (Å²) in [4.78, 5) is 0. The van der Waals surface area contributed by atoms with Crippen LogP contribution in [0.3, 0.4) is 0 Å². The van der Waals surface area contributed by atoms with Crippen molar-refractivity contribution in [3.05, 3.63) is 0 Å². The summed E-state index contributed by atoms with van der Waals surface area (Å²) >= 11 is -1.28. The Labute approximate surface area is 50.6 Å². The molecule has 0 nitrogen and oxygen atoms in total. The molecule has 0 aromatic carbocycles. The quantitative estimate of drug-likeness (QED) is 0.606. The molecular formula is Br3Pr. The molecule has 0 spiro atoms. The van der Waals surface area contributed by atoms with Crippen molar-refractivity contribution in [2.75, 3.05) is 0 Å². The molecule has 4 heteroatoms. The first-order valence-corrected chi connectivity index (χ1v) is 25.2. The molecule has 0 aliphatic rings. The van der Waals surface area contributed by atoms with Crippen LogP contribution >= 0.6 is 26.7 Å². The van der Waals surface area contributed by atoms with Crippen LogP contribution in [0.2, 0.25) is 0 Å². The molecule has 0 aromatic heterocycles. The third-order valence-electron chi connectivity index (χ3n) is 0. The van der Waals surface area contributed by atoms with E-state index in [0.717, 1.165) is 0 Å². The van der Waals surface area contributed by atoms with E-state index in [4.69, 9.17) is 0 Å². The monoisotopic (exact) mass is 378 g/mol. The second-order valence-corrected chi connectivity index (χ2v) is 49.5. The molecule has 0 amide bonds. The number of hydrogen-bond donors (Lipinski definition) is 0. The van der Waals surface area contributed by atoms with E-state index >= 15 is 0 Å². The Morgan fingerprint density at radius 2 is 1.00 bits per heavy atom. The predicted octanol–water partition coefficient (Wildman–Crippen LogP) is 2.54. The van der Waals surface area contributed by atoms with Crippen molar-refractivity contribution < 1.29 is 25.8 Å². The van der Waals surface area contributed by atoms with Gasteiger partial charge in [-0.2, -0.15) is 0 Å². The van der Waals surface area contributed by atoms with Gasteiger partial charge in [0.2, 0.25) is 0 Å². The molecule has 0 unspecified atom stereocenters. The third kappa shape index (κ3) is 8.84. The first-order chi connectivity index (χ1) is 1.73. The average Bonchev–Trinajstić information content (AvgIpc) is 0.811.